The molecule has 0 saturated carbocycles. The average molecular weight is 564 g/mol. The van der Waals surface area contributed by atoms with Crippen LogP contribution < -0.4 is 16.0 Å². The van der Waals surface area contributed by atoms with Crippen LogP contribution in [-0.4, -0.2) is 47.9 Å². The van der Waals surface area contributed by atoms with Crippen molar-refractivity contribution in [1.82, 2.24) is 16.0 Å². The van der Waals surface area contributed by atoms with Crippen molar-refractivity contribution in [2.45, 2.75) is 96.9 Å². The van der Waals surface area contributed by atoms with E-state index in [9.17, 15) is 19.2 Å². The molecule has 5 atom stereocenters. The maximum Gasteiger partial charge on any atom is 0.328 e. The molecule has 1 heterocycles. The maximum atomic E-state index is 13.9. The van der Waals surface area contributed by atoms with Crippen LogP contribution in [0, 0.1) is 11.8 Å². The molecule has 0 aliphatic carbocycles. The molecule has 3 rings (SSSR count). The van der Waals surface area contributed by atoms with Crippen molar-refractivity contribution in [3.63, 3.8) is 0 Å². The van der Waals surface area contributed by atoms with E-state index in [-0.39, 0.29) is 18.3 Å². The van der Waals surface area contributed by atoms with Crippen molar-refractivity contribution in [3.8, 4) is 0 Å². The van der Waals surface area contributed by atoms with Gasteiger partial charge in [0.2, 0.25) is 17.7 Å². The number of hydrogen-bond donors (Lipinski definition) is 3. The highest BCUT2D eigenvalue weighted by atomic mass is 16.5. The lowest BCUT2D eigenvalue weighted by molar-refractivity contribution is -0.157. The predicted molar refractivity (Wildman–Crippen MR) is 159 cm³/mol. The van der Waals surface area contributed by atoms with Gasteiger partial charge in [-0.3, -0.25) is 14.4 Å². The minimum Gasteiger partial charge on any atom is -0.460 e. The molecule has 0 bridgehead atoms. The summed E-state index contributed by atoms with van der Waals surface area (Å²) in [5.41, 5.74) is 1.69. The van der Waals surface area contributed by atoms with Crippen LogP contribution in [0.25, 0.3) is 0 Å². The zero-order valence-corrected chi connectivity index (χ0v) is 24.9. The Kier molecular flexibility index (Phi) is 11.9. The number of amides is 3. The summed E-state index contributed by atoms with van der Waals surface area (Å²) in [5, 5.41) is 8.55. The monoisotopic (exact) mass is 563 g/mol. The number of hydrogen-bond acceptors (Lipinski definition) is 5. The van der Waals surface area contributed by atoms with Gasteiger partial charge in [-0.2, -0.15) is 0 Å². The van der Waals surface area contributed by atoms with Gasteiger partial charge in [0.05, 0.1) is 6.42 Å². The van der Waals surface area contributed by atoms with Gasteiger partial charge < -0.3 is 20.7 Å². The fraction of sp³-hybridized carbons (Fsp3) is 0.515. The van der Waals surface area contributed by atoms with E-state index in [1.807, 2.05) is 81.4 Å². The third-order valence-electron chi connectivity index (χ3n) is 7.61. The molecule has 8 nitrogen and oxygen atoms in total. The quantitative estimate of drug-likeness (QED) is 0.390. The SMILES string of the molecule is CCCC[C@H](C)[C@@H]1CC(=O)N[C@@H](C(c2ccccc2)c2ccccc2)C(=O)N[C@@H](C)C(=O)N[C@H](CC(C)C)C(=O)O1. The Morgan fingerprint density at radius 3 is 1.95 bits per heavy atom. The largest absolute Gasteiger partial charge is 0.460 e. The summed E-state index contributed by atoms with van der Waals surface area (Å²) < 4.78 is 5.96. The molecule has 0 aromatic heterocycles. The Bertz CT molecular complexity index is 1110. The first-order valence-corrected chi connectivity index (χ1v) is 14.8. The standard InChI is InChI=1S/C33H45N3O5/c1-6-7-14-22(4)27-20-28(37)36-30(29(24-15-10-8-11-16-24)25-17-12-9-13-18-25)32(39)34-23(5)31(38)35-26(19-21(2)3)33(40)41-27/h8-13,15-18,21-23,26-27,29-30H,6-7,14,19-20H2,1-5H3,(H,34,39)(H,35,38)(H,36,37)/t22-,23-,26+,27-,30-/m0/s1. The maximum absolute atomic E-state index is 13.9. The highest BCUT2D eigenvalue weighted by Gasteiger charge is 2.37. The molecule has 222 valence electrons. The zero-order chi connectivity index (χ0) is 29.9. The third kappa shape index (κ3) is 9.17. The van der Waals surface area contributed by atoms with E-state index < -0.39 is 53.8 Å². The van der Waals surface area contributed by atoms with Crippen molar-refractivity contribution in [1.29, 1.82) is 0 Å². The molecule has 41 heavy (non-hydrogen) atoms. The molecular weight excluding hydrogens is 518 g/mol. The topological polar surface area (TPSA) is 114 Å². The van der Waals surface area contributed by atoms with E-state index in [0.717, 1.165) is 30.4 Å². The van der Waals surface area contributed by atoms with Crippen LogP contribution in [-0.2, 0) is 23.9 Å². The van der Waals surface area contributed by atoms with Crippen molar-refractivity contribution < 1.29 is 23.9 Å². The van der Waals surface area contributed by atoms with Crippen LogP contribution in [0.5, 0.6) is 0 Å². The average Bonchev–Trinajstić information content (AvgIpc) is 2.95. The second-order valence-electron chi connectivity index (χ2n) is 11.6. The molecule has 1 aliphatic heterocycles. The molecular formula is C33H45N3O5. The number of nitrogens with one attached hydrogen (secondary N) is 3. The van der Waals surface area contributed by atoms with Gasteiger partial charge in [-0.05, 0) is 42.7 Å². The van der Waals surface area contributed by atoms with Crippen molar-refractivity contribution in [2.24, 2.45) is 11.8 Å². The fourth-order valence-electron chi connectivity index (χ4n) is 5.27. The summed E-state index contributed by atoms with van der Waals surface area (Å²) in [6.45, 7) is 9.54. The van der Waals surface area contributed by atoms with Crippen LogP contribution >= 0.6 is 0 Å². The third-order valence-corrected chi connectivity index (χ3v) is 7.61. The Morgan fingerprint density at radius 1 is 0.829 bits per heavy atom. The number of benzene rings is 2. The van der Waals surface area contributed by atoms with Gasteiger partial charge in [-0.15, -0.1) is 0 Å². The van der Waals surface area contributed by atoms with Gasteiger partial charge in [0.25, 0.3) is 0 Å². The van der Waals surface area contributed by atoms with E-state index in [4.69, 9.17) is 4.74 Å². The molecule has 0 spiro atoms. The minimum atomic E-state index is -1.02. The number of unbranched alkanes of at least 4 members (excludes halogenated alkanes) is 1. The molecule has 0 unspecified atom stereocenters. The van der Waals surface area contributed by atoms with Gasteiger partial charge in [0, 0.05) is 5.92 Å². The van der Waals surface area contributed by atoms with Gasteiger partial charge in [-0.25, -0.2) is 4.79 Å². The van der Waals surface area contributed by atoms with Crippen LogP contribution in [0.4, 0.5) is 0 Å². The first kappa shape index (κ1) is 31.8. The van der Waals surface area contributed by atoms with Crippen LogP contribution in [0.2, 0.25) is 0 Å². The molecule has 0 radical (unpaired) electrons. The van der Waals surface area contributed by atoms with Crippen molar-refractivity contribution >= 4 is 23.7 Å². The van der Waals surface area contributed by atoms with Gasteiger partial charge in [-0.1, -0.05) is 101 Å². The van der Waals surface area contributed by atoms with Crippen molar-refractivity contribution in [3.05, 3.63) is 71.8 Å². The highest BCUT2D eigenvalue weighted by Crippen LogP contribution is 2.29. The fourth-order valence-corrected chi connectivity index (χ4v) is 5.27. The molecule has 2 aromatic carbocycles. The summed E-state index contributed by atoms with van der Waals surface area (Å²) >= 11 is 0. The van der Waals surface area contributed by atoms with E-state index in [2.05, 4.69) is 22.9 Å². The molecule has 1 aliphatic rings. The minimum absolute atomic E-state index is 0.0876. The first-order valence-electron chi connectivity index (χ1n) is 14.8. The van der Waals surface area contributed by atoms with E-state index in [1.54, 1.807) is 6.92 Å². The van der Waals surface area contributed by atoms with E-state index in [1.165, 1.54) is 0 Å². The molecule has 3 amide bonds. The summed E-state index contributed by atoms with van der Waals surface area (Å²) in [5.74, 6) is -2.43. The number of carbonyl (C=O) groups excluding carboxylic acids is 4. The number of carbonyl (C=O) groups is 4. The van der Waals surface area contributed by atoms with Crippen LogP contribution in [0.1, 0.15) is 83.8 Å². The Hall–Kier alpha value is -3.68. The number of rotatable bonds is 9. The molecule has 1 saturated heterocycles. The van der Waals surface area contributed by atoms with E-state index in [0.29, 0.717) is 6.42 Å². The Labute approximate surface area is 244 Å². The van der Waals surface area contributed by atoms with Gasteiger partial charge in [0.15, 0.2) is 0 Å². The first-order chi connectivity index (χ1) is 19.6. The lowest BCUT2D eigenvalue weighted by Crippen LogP contribution is -2.56. The second-order valence-corrected chi connectivity index (χ2v) is 11.6. The van der Waals surface area contributed by atoms with Crippen LogP contribution in [0.15, 0.2) is 60.7 Å². The molecule has 8 heteroatoms. The number of cyclic esters (lactones) is 1. The second kappa shape index (κ2) is 15.4. The van der Waals surface area contributed by atoms with Gasteiger partial charge >= 0.3 is 5.97 Å². The Balaban J connectivity index is 2.05. The predicted octanol–water partition coefficient (Wildman–Crippen LogP) is 4.48. The molecule has 1 fully saturated rings. The summed E-state index contributed by atoms with van der Waals surface area (Å²) in [6.07, 6.45) is 2.26. The zero-order valence-electron chi connectivity index (χ0n) is 24.9. The number of esters is 1. The van der Waals surface area contributed by atoms with E-state index >= 15 is 0 Å². The molecule has 2 aromatic rings. The normalized spacial score (nSPS) is 23.4. The van der Waals surface area contributed by atoms with Gasteiger partial charge in [0.1, 0.15) is 24.2 Å². The highest BCUT2D eigenvalue weighted by molar-refractivity contribution is 5.94. The summed E-state index contributed by atoms with van der Waals surface area (Å²) in [7, 11) is 0. The Morgan fingerprint density at radius 2 is 1.41 bits per heavy atom. The lowest BCUT2D eigenvalue weighted by atomic mass is 9.84. The summed E-state index contributed by atoms with van der Waals surface area (Å²) in [4.78, 5) is 54.1. The van der Waals surface area contributed by atoms with Crippen molar-refractivity contribution in [2.75, 3.05) is 0 Å². The summed E-state index contributed by atoms with van der Waals surface area (Å²) in [6, 6.07) is 16.2. The lowest BCUT2D eigenvalue weighted by Gasteiger charge is -2.30. The van der Waals surface area contributed by atoms with Crippen LogP contribution in [0.3, 0.4) is 0 Å². The smallest absolute Gasteiger partial charge is 0.328 e. The molecule has 3 N–H and O–H groups in total. The number of ether oxygens (including phenoxy) is 1.